The van der Waals surface area contributed by atoms with Gasteiger partial charge in [0.15, 0.2) is 0 Å². The van der Waals surface area contributed by atoms with Crippen molar-refractivity contribution in [2.45, 2.75) is 32.4 Å². The number of aromatic amines is 1. The van der Waals surface area contributed by atoms with Crippen LogP contribution in [0, 0.1) is 5.92 Å². The Morgan fingerprint density at radius 1 is 1.19 bits per heavy atom. The van der Waals surface area contributed by atoms with Gasteiger partial charge in [-0.05, 0) is 49.4 Å². The predicted molar refractivity (Wildman–Crippen MR) is 104 cm³/mol. The second kappa shape index (κ2) is 6.87. The zero-order valence-electron chi connectivity index (χ0n) is 15.1. The summed E-state index contributed by atoms with van der Waals surface area (Å²) >= 11 is 0. The fourth-order valence-electron chi connectivity index (χ4n) is 3.52. The van der Waals surface area contributed by atoms with Crippen molar-refractivity contribution in [3.63, 3.8) is 0 Å². The number of carbonyl (C=O) groups excluding carboxylic acids is 1. The van der Waals surface area contributed by atoms with Gasteiger partial charge in [-0.2, -0.15) is 0 Å². The summed E-state index contributed by atoms with van der Waals surface area (Å²) in [5.74, 6) is 0.273. The quantitative estimate of drug-likeness (QED) is 0.684. The van der Waals surface area contributed by atoms with Crippen molar-refractivity contribution in [3.05, 3.63) is 80.4 Å². The van der Waals surface area contributed by atoms with Crippen LogP contribution in [0.15, 0.2) is 58.1 Å². The van der Waals surface area contributed by atoms with Crippen molar-refractivity contribution in [1.82, 2.24) is 14.9 Å². The smallest absolute Gasteiger partial charge is 0.316 e. The summed E-state index contributed by atoms with van der Waals surface area (Å²) in [6.45, 7) is 2.20. The lowest BCUT2D eigenvalue weighted by Crippen LogP contribution is -2.36. The molecule has 1 aliphatic carbocycles. The lowest BCUT2D eigenvalue weighted by atomic mass is 10.0. The van der Waals surface area contributed by atoms with E-state index in [4.69, 9.17) is 0 Å². The zero-order chi connectivity index (χ0) is 19.0. The first-order chi connectivity index (χ1) is 13.1. The van der Waals surface area contributed by atoms with Gasteiger partial charge in [0.1, 0.15) is 0 Å². The van der Waals surface area contributed by atoms with E-state index in [0.29, 0.717) is 29.1 Å². The number of hydrogen-bond donors (Lipinski definition) is 2. The van der Waals surface area contributed by atoms with Crippen LogP contribution in [0.1, 0.15) is 41.7 Å². The second-order valence-corrected chi connectivity index (χ2v) is 6.93. The molecule has 2 aromatic carbocycles. The van der Waals surface area contributed by atoms with Crippen LogP contribution in [0.25, 0.3) is 11.0 Å². The van der Waals surface area contributed by atoms with Crippen molar-refractivity contribution in [1.29, 1.82) is 0 Å². The molecule has 0 saturated heterocycles. The molecule has 0 bridgehead atoms. The van der Waals surface area contributed by atoms with Crippen LogP contribution in [0.5, 0.6) is 0 Å². The van der Waals surface area contributed by atoms with E-state index in [2.05, 4.69) is 10.3 Å². The molecule has 3 aromatic rings. The van der Waals surface area contributed by atoms with Crippen molar-refractivity contribution >= 4 is 16.9 Å². The number of amides is 1. The molecule has 1 aromatic heterocycles. The average molecular weight is 363 g/mol. The van der Waals surface area contributed by atoms with Crippen molar-refractivity contribution in [2.75, 3.05) is 0 Å². The highest BCUT2D eigenvalue weighted by atomic mass is 16.2. The lowest BCUT2D eigenvalue weighted by Gasteiger charge is -2.19. The monoisotopic (exact) mass is 363 g/mol. The number of nitrogens with one attached hydrogen (secondary N) is 2. The van der Waals surface area contributed by atoms with Crippen molar-refractivity contribution < 1.29 is 4.79 Å². The first-order valence-corrected chi connectivity index (χ1v) is 9.21. The van der Waals surface area contributed by atoms with E-state index >= 15 is 0 Å². The van der Waals surface area contributed by atoms with Crippen LogP contribution in [0.2, 0.25) is 0 Å². The SMILES string of the molecule is CCn1c(=O)c(=O)[nH]c2cc(C(=O)N[C@@H](c3ccccc3)C3CC3)ccc21. The Morgan fingerprint density at radius 3 is 2.59 bits per heavy atom. The molecule has 0 spiro atoms. The third-order valence-corrected chi connectivity index (χ3v) is 5.09. The molecule has 1 amide bonds. The maximum atomic E-state index is 12.8. The van der Waals surface area contributed by atoms with E-state index in [-0.39, 0.29) is 11.9 Å². The van der Waals surface area contributed by atoms with Crippen LogP contribution in [-0.2, 0) is 6.54 Å². The minimum absolute atomic E-state index is 0.0157. The number of aryl methyl sites for hydroxylation is 1. The van der Waals surface area contributed by atoms with E-state index in [9.17, 15) is 14.4 Å². The molecule has 27 heavy (non-hydrogen) atoms. The summed E-state index contributed by atoms with van der Waals surface area (Å²) in [7, 11) is 0. The standard InChI is InChI=1S/C21H21N3O3/c1-2-24-17-11-10-15(12-16(17)22-20(26)21(24)27)19(25)23-18(14-8-9-14)13-6-4-3-5-7-13/h3-7,10-12,14,18H,2,8-9H2,1H3,(H,22,26)(H,23,25)/t18-/m0/s1. The van der Waals surface area contributed by atoms with E-state index in [1.807, 2.05) is 30.3 Å². The summed E-state index contributed by atoms with van der Waals surface area (Å²) in [5.41, 5.74) is 1.39. The second-order valence-electron chi connectivity index (χ2n) is 6.93. The minimum Gasteiger partial charge on any atom is -0.345 e. The number of aromatic nitrogens is 2. The topological polar surface area (TPSA) is 84.0 Å². The summed E-state index contributed by atoms with van der Waals surface area (Å²) < 4.78 is 1.41. The highest BCUT2D eigenvalue weighted by Crippen LogP contribution is 2.41. The van der Waals surface area contributed by atoms with Gasteiger partial charge in [-0.15, -0.1) is 0 Å². The van der Waals surface area contributed by atoms with E-state index < -0.39 is 11.1 Å². The molecule has 4 rings (SSSR count). The number of H-pyrrole nitrogens is 1. The van der Waals surface area contributed by atoms with Crippen LogP contribution >= 0.6 is 0 Å². The molecule has 138 valence electrons. The van der Waals surface area contributed by atoms with Gasteiger partial charge in [0.05, 0.1) is 17.1 Å². The van der Waals surface area contributed by atoms with Gasteiger partial charge in [-0.25, -0.2) is 0 Å². The molecule has 0 aliphatic heterocycles. The number of nitrogens with zero attached hydrogens (tertiary/aromatic N) is 1. The zero-order valence-corrected chi connectivity index (χ0v) is 15.1. The molecule has 1 aliphatic rings. The fourth-order valence-corrected chi connectivity index (χ4v) is 3.52. The van der Waals surface area contributed by atoms with Crippen LogP contribution in [-0.4, -0.2) is 15.5 Å². The van der Waals surface area contributed by atoms with Crippen LogP contribution in [0.3, 0.4) is 0 Å². The average Bonchev–Trinajstić information content (AvgIpc) is 3.52. The Labute approximate surface area is 155 Å². The first-order valence-electron chi connectivity index (χ1n) is 9.21. The van der Waals surface area contributed by atoms with Gasteiger partial charge in [0.2, 0.25) is 0 Å². The molecule has 1 saturated carbocycles. The van der Waals surface area contributed by atoms with E-state index in [0.717, 1.165) is 18.4 Å². The largest absolute Gasteiger partial charge is 0.345 e. The molecule has 0 unspecified atom stereocenters. The van der Waals surface area contributed by atoms with Gasteiger partial charge < -0.3 is 14.9 Å². The van der Waals surface area contributed by atoms with Gasteiger partial charge in [-0.3, -0.25) is 14.4 Å². The van der Waals surface area contributed by atoms with E-state index in [1.54, 1.807) is 25.1 Å². The van der Waals surface area contributed by atoms with Crippen molar-refractivity contribution in [2.24, 2.45) is 5.92 Å². The molecule has 6 nitrogen and oxygen atoms in total. The highest BCUT2D eigenvalue weighted by Gasteiger charge is 2.33. The predicted octanol–water partition coefficient (Wildman–Crippen LogP) is 2.59. The Balaban J connectivity index is 1.67. The number of benzene rings is 2. The van der Waals surface area contributed by atoms with Gasteiger partial charge in [0.25, 0.3) is 5.91 Å². The number of hydrogen-bond acceptors (Lipinski definition) is 3. The molecule has 1 fully saturated rings. The van der Waals surface area contributed by atoms with Gasteiger partial charge >= 0.3 is 11.1 Å². The normalized spacial score (nSPS) is 14.9. The third-order valence-electron chi connectivity index (χ3n) is 5.09. The maximum absolute atomic E-state index is 12.8. The van der Waals surface area contributed by atoms with Gasteiger partial charge in [-0.1, -0.05) is 30.3 Å². The summed E-state index contributed by atoms with van der Waals surface area (Å²) in [4.78, 5) is 39.2. The van der Waals surface area contributed by atoms with E-state index in [1.165, 1.54) is 4.57 Å². The lowest BCUT2D eigenvalue weighted by molar-refractivity contribution is 0.0932. The van der Waals surface area contributed by atoms with Crippen molar-refractivity contribution in [3.8, 4) is 0 Å². The highest BCUT2D eigenvalue weighted by molar-refractivity contribution is 5.97. The van der Waals surface area contributed by atoms with Crippen LogP contribution in [0.4, 0.5) is 0 Å². The number of carbonyl (C=O) groups is 1. The first kappa shape index (κ1) is 17.3. The number of rotatable bonds is 5. The number of fused-ring (bicyclic) bond motifs is 1. The third kappa shape index (κ3) is 3.30. The Morgan fingerprint density at radius 2 is 1.93 bits per heavy atom. The Kier molecular flexibility index (Phi) is 4.39. The molecule has 1 heterocycles. The molecule has 6 heteroatoms. The summed E-state index contributed by atoms with van der Waals surface area (Å²) in [6, 6.07) is 15.0. The molecule has 2 N–H and O–H groups in total. The summed E-state index contributed by atoms with van der Waals surface area (Å²) in [6.07, 6.45) is 2.21. The summed E-state index contributed by atoms with van der Waals surface area (Å²) in [5, 5.41) is 3.13. The molecule has 1 atom stereocenters. The Bertz CT molecular complexity index is 1110. The minimum atomic E-state index is -0.679. The Hall–Kier alpha value is -3.15. The maximum Gasteiger partial charge on any atom is 0.316 e. The molecular formula is C21H21N3O3. The fraction of sp³-hybridized carbons (Fsp3) is 0.286. The van der Waals surface area contributed by atoms with Crippen LogP contribution < -0.4 is 16.4 Å². The molecule has 0 radical (unpaired) electrons. The van der Waals surface area contributed by atoms with Gasteiger partial charge in [0, 0.05) is 12.1 Å². The molecular weight excluding hydrogens is 342 g/mol.